The van der Waals surface area contributed by atoms with Crippen molar-refractivity contribution in [1.82, 2.24) is 14.7 Å². The fraction of sp³-hybridized carbons (Fsp3) is 0.667. The Kier molecular flexibility index (Phi) is 4.38. The summed E-state index contributed by atoms with van der Waals surface area (Å²) in [5.41, 5.74) is 0.872. The Morgan fingerprint density at radius 2 is 2.29 bits per heavy atom. The van der Waals surface area contributed by atoms with E-state index in [1.165, 1.54) is 0 Å². The van der Waals surface area contributed by atoms with Crippen LogP contribution >= 0.6 is 11.6 Å². The van der Waals surface area contributed by atoms with Gasteiger partial charge < -0.3 is 9.64 Å². The van der Waals surface area contributed by atoms with Gasteiger partial charge in [0, 0.05) is 19.7 Å². The van der Waals surface area contributed by atoms with Gasteiger partial charge in [0.15, 0.2) is 0 Å². The van der Waals surface area contributed by atoms with Crippen LogP contribution < -0.4 is 0 Å². The van der Waals surface area contributed by atoms with Crippen molar-refractivity contribution in [2.45, 2.75) is 13.2 Å². The fourth-order valence-corrected chi connectivity index (χ4v) is 1.36. The standard InChI is InChI=1S/C9H16ClN3O/c1-12(2)4-5-13-9(10)6-8(11-13)7-14-3/h6H,4-5,7H2,1-3H3. The van der Waals surface area contributed by atoms with Crippen LogP contribution in [-0.2, 0) is 17.9 Å². The summed E-state index contributed by atoms with van der Waals surface area (Å²) in [6.07, 6.45) is 0. The minimum atomic E-state index is 0.509. The predicted octanol–water partition coefficient (Wildman–Crippen LogP) is 1.24. The molecule has 0 fully saturated rings. The van der Waals surface area contributed by atoms with Crippen LogP contribution in [-0.4, -0.2) is 42.4 Å². The van der Waals surface area contributed by atoms with Gasteiger partial charge in [-0.1, -0.05) is 11.6 Å². The number of hydrogen-bond donors (Lipinski definition) is 0. The molecule has 0 unspecified atom stereocenters. The van der Waals surface area contributed by atoms with Gasteiger partial charge in [-0.2, -0.15) is 5.10 Å². The van der Waals surface area contributed by atoms with Crippen molar-refractivity contribution < 1.29 is 4.74 Å². The summed E-state index contributed by atoms with van der Waals surface area (Å²) in [5, 5.41) is 4.97. The van der Waals surface area contributed by atoms with Gasteiger partial charge in [-0.15, -0.1) is 0 Å². The molecule has 1 aromatic rings. The van der Waals surface area contributed by atoms with Crippen LogP contribution in [0.1, 0.15) is 5.69 Å². The predicted molar refractivity (Wildman–Crippen MR) is 56.5 cm³/mol. The third-order valence-corrected chi connectivity index (χ3v) is 2.14. The molecule has 0 aliphatic heterocycles. The molecule has 80 valence electrons. The topological polar surface area (TPSA) is 30.3 Å². The zero-order valence-electron chi connectivity index (χ0n) is 8.83. The zero-order valence-corrected chi connectivity index (χ0v) is 9.58. The molecule has 0 amide bonds. The van der Waals surface area contributed by atoms with Crippen molar-refractivity contribution in [3.8, 4) is 0 Å². The number of hydrogen-bond acceptors (Lipinski definition) is 3. The van der Waals surface area contributed by atoms with Gasteiger partial charge >= 0.3 is 0 Å². The van der Waals surface area contributed by atoms with Gasteiger partial charge in [-0.25, -0.2) is 0 Å². The van der Waals surface area contributed by atoms with E-state index in [-0.39, 0.29) is 0 Å². The average molecular weight is 218 g/mol. The van der Waals surface area contributed by atoms with Crippen LogP contribution in [0.2, 0.25) is 5.15 Å². The van der Waals surface area contributed by atoms with Crippen LogP contribution in [0.25, 0.3) is 0 Å². The van der Waals surface area contributed by atoms with Gasteiger partial charge in [0.1, 0.15) is 5.15 Å². The first-order valence-corrected chi connectivity index (χ1v) is 4.87. The van der Waals surface area contributed by atoms with E-state index < -0.39 is 0 Å². The summed E-state index contributed by atoms with van der Waals surface area (Å²) in [4.78, 5) is 2.09. The number of halogens is 1. The summed E-state index contributed by atoms with van der Waals surface area (Å²) in [7, 11) is 5.69. The minimum absolute atomic E-state index is 0.509. The second kappa shape index (κ2) is 5.34. The van der Waals surface area contributed by atoms with E-state index in [0.29, 0.717) is 11.8 Å². The molecule has 0 aliphatic carbocycles. The lowest BCUT2D eigenvalue weighted by Gasteiger charge is -2.09. The molecule has 0 bridgehead atoms. The lowest BCUT2D eigenvalue weighted by atomic mass is 10.5. The van der Waals surface area contributed by atoms with E-state index >= 15 is 0 Å². The number of rotatable bonds is 5. The highest BCUT2D eigenvalue weighted by Gasteiger charge is 2.05. The maximum atomic E-state index is 5.99. The summed E-state index contributed by atoms with van der Waals surface area (Å²) in [6, 6.07) is 1.83. The van der Waals surface area contributed by atoms with Crippen LogP contribution in [0.4, 0.5) is 0 Å². The molecule has 5 heteroatoms. The van der Waals surface area contributed by atoms with Gasteiger partial charge in [-0.3, -0.25) is 4.68 Å². The van der Waals surface area contributed by atoms with Crippen LogP contribution in [0.15, 0.2) is 6.07 Å². The Morgan fingerprint density at radius 3 is 2.86 bits per heavy atom. The third kappa shape index (κ3) is 3.29. The summed E-state index contributed by atoms with van der Waals surface area (Å²) in [5.74, 6) is 0. The highest BCUT2D eigenvalue weighted by Crippen LogP contribution is 2.11. The Hall–Kier alpha value is -0.580. The molecule has 0 aromatic carbocycles. The monoisotopic (exact) mass is 217 g/mol. The first kappa shape index (κ1) is 11.5. The Bertz CT molecular complexity index is 286. The highest BCUT2D eigenvalue weighted by atomic mass is 35.5. The van der Waals surface area contributed by atoms with E-state index in [2.05, 4.69) is 10.00 Å². The van der Waals surface area contributed by atoms with Gasteiger partial charge in [0.2, 0.25) is 0 Å². The van der Waals surface area contributed by atoms with Gasteiger partial charge in [0.05, 0.1) is 18.8 Å². The highest BCUT2D eigenvalue weighted by molar-refractivity contribution is 6.29. The SMILES string of the molecule is COCc1cc(Cl)n(CCN(C)C)n1. The molecule has 1 rings (SSSR count). The summed E-state index contributed by atoms with van der Waals surface area (Å²) in [6.45, 7) is 2.23. The van der Waals surface area contributed by atoms with E-state index in [4.69, 9.17) is 16.3 Å². The Labute approximate surface area is 89.4 Å². The lowest BCUT2D eigenvalue weighted by molar-refractivity contribution is 0.180. The average Bonchev–Trinajstić information content (AvgIpc) is 2.44. The molecule has 0 saturated carbocycles. The minimum Gasteiger partial charge on any atom is -0.378 e. The van der Waals surface area contributed by atoms with E-state index in [1.807, 2.05) is 20.2 Å². The first-order valence-electron chi connectivity index (χ1n) is 4.49. The molecular formula is C9H16ClN3O. The molecule has 1 aromatic heterocycles. The quantitative estimate of drug-likeness (QED) is 0.744. The molecule has 0 radical (unpaired) electrons. The first-order chi connectivity index (χ1) is 6.63. The number of likely N-dealkylation sites (N-methyl/N-ethyl adjacent to an activating group) is 1. The molecule has 0 N–H and O–H groups in total. The van der Waals surface area contributed by atoms with Crippen molar-refractivity contribution in [3.63, 3.8) is 0 Å². The van der Waals surface area contributed by atoms with Crippen molar-refractivity contribution in [2.24, 2.45) is 0 Å². The molecule has 0 atom stereocenters. The van der Waals surface area contributed by atoms with Crippen molar-refractivity contribution in [2.75, 3.05) is 27.7 Å². The van der Waals surface area contributed by atoms with E-state index in [1.54, 1.807) is 11.8 Å². The van der Waals surface area contributed by atoms with Crippen LogP contribution in [0, 0.1) is 0 Å². The number of methoxy groups -OCH3 is 1. The largest absolute Gasteiger partial charge is 0.378 e. The molecule has 0 saturated heterocycles. The van der Waals surface area contributed by atoms with Gasteiger partial charge in [-0.05, 0) is 14.1 Å². The van der Waals surface area contributed by atoms with Crippen molar-refractivity contribution >= 4 is 11.6 Å². The van der Waals surface area contributed by atoms with E-state index in [0.717, 1.165) is 18.8 Å². The molecule has 1 heterocycles. The molecule has 0 spiro atoms. The smallest absolute Gasteiger partial charge is 0.127 e. The van der Waals surface area contributed by atoms with Crippen LogP contribution in [0.5, 0.6) is 0 Å². The van der Waals surface area contributed by atoms with Crippen molar-refractivity contribution in [3.05, 3.63) is 16.9 Å². The van der Waals surface area contributed by atoms with Gasteiger partial charge in [0.25, 0.3) is 0 Å². The second-order valence-corrected chi connectivity index (χ2v) is 3.81. The zero-order chi connectivity index (χ0) is 10.6. The number of nitrogens with zero attached hydrogens (tertiary/aromatic N) is 3. The molecule has 14 heavy (non-hydrogen) atoms. The van der Waals surface area contributed by atoms with Crippen LogP contribution in [0.3, 0.4) is 0 Å². The molecule has 4 nitrogen and oxygen atoms in total. The number of ether oxygens (including phenoxy) is 1. The fourth-order valence-electron chi connectivity index (χ4n) is 1.11. The third-order valence-electron chi connectivity index (χ3n) is 1.83. The molecule has 0 aliphatic rings. The lowest BCUT2D eigenvalue weighted by Crippen LogP contribution is -2.19. The Morgan fingerprint density at radius 1 is 1.57 bits per heavy atom. The maximum Gasteiger partial charge on any atom is 0.127 e. The van der Waals surface area contributed by atoms with Crippen molar-refractivity contribution in [1.29, 1.82) is 0 Å². The van der Waals surface area contributed by atoms with E-state index in [9.17, 15) is 0 Å². The second-order valence-electron chi connectivity index (χ2n) is 3.42. The maximum absolute atomic E-state index is 5.99. The normalized spacial score (nSPS) is 11.2. The molecular weight excluding hydrogens is 202 g/mol. The summed E-state index contributed by atoms with van der Waals surface area (Å²) < 4.78 is 6.76. The number of aromatic nitrogens is 2. The Balaban J connectivity index is 2.58. The summed E-state index contributed by atoms with van der Waals surface area (Å²) >= 11 is 5.99.